The van der Waals surface area contributed by atoms with Crippen LogP contribution in [0.25, 0.3) is 0 Å². The third-order valence-corrected chi connectivity index (χ3v) is 2.87. The van der Waals surface area contributed by atoms with E-state index in [1.54, 1.807) is 0 Å². The molecule has 0 spiro atoms. The van der Waals surface area contributed by atoms with Crippen LogP contribution in [0.5, 0.6) is 11.5 Å². The Kier molecular flexibility index (Phi) is 1.45. The molecule has 2 aliphatic rings. The van der Waals surface area contributed by atoms with E-state index in [-0.39, 0.29) is 5.92 Å². The molecule has 0 saturated carbocycles. The van der Waals surface area contributed by atoms with Gasteiger partial charge in [-0.05, 0) is 36.1 Å². The van der Waals surface area contributed by atoms with Crippen molar-refractivity contribution in [1.82, 2.24) is 0 Å². The lowest BCUT2D eigenvalue weighted by atomic mass is 10.0. The molecule has 1 aliphatic heterocycles. The average molecular weight is 187 g/mol. The highest BCUT2D eigenvalue weighted by molar-refractivity contribution is 5.52. The van der Waals surface area contributed by atoms with Gasteiger partial charge in [-0.1, -0.05) is 0 Å². The lowest BCUT2D eigenvalue weighted by Gasteiger charge is -2.03. The standard InChI is InChI=1S/C11H9NO2/c12-5-8-2-1-7-3-10-11(4-9(7)8)14-6-13-10/h3-4,8H,1-2,6H2. The van der Waals surface area contributed by atoms with Crippen LogP contribution in [0.15, 0.2) is 12.1 Å². The fourth-order valence-corrected chi connectivity index (χ4v) is 2.13. The Bertz CT molecular complexity index is 434. The number of rotatable bonds is 0. The van der Waals surface area contributed by atoms with Crippen LogP contribution in [0, 0.1) is 11.3 Å². The quantitative estimate of drug-likeness (QED) is 0.623. The van der Waals surface area contributed by atoms with Crippen molar-refractivity contribution >= 4 is 0 Å². The van der Waals surface area contributed by atoms with Crippen molar-refractivity contribution in [1.29, 1.82) is 5.26 Å². The van der Waals surface area contributed by atoms with Gasteiger partial charge in [-0.25, -0.2) is 0 Å². The molecule has 0 radical (unpaired) electrons. The fraction of sp³-hybridized carbons (Fsp3) is 0.364. The van der Waals surface area contributed by atoms with Crippen LogP contribution in [0.2, 0.25) is 0 Å². The first-order chi connectivity index (χ1) is 6.88. The van der Waals surface area contributed by atoms with Crippen LogP contribution in [0.3, 0.4) is 0 Å². The zero-order valence-corrected chi connectivity index (χ0v) is 7.62. The number of ether oxygens (including phenoxy) is 2. The summed E-state index contributed by atoms with van der Waals surface area (Å²) in [6.45, 7) is 0.301. The van der Waals surface area contributed by atoms with Gasteiger partial charge in [0.1, 0.15) is 0 Å². The van der Waals surface area contributed by atoms with Crippen LogP contribution >= 0.6 is 0 Å². The van der Waals surface area contributed by atoms with E-state index in [2.05, 4.69) is 6.07 Å². The molecule has 1 aromatic rings. The van der Waals surface area contributed by atoms with Gasteiger partial charge in [0.15, 0.2) is 11.5 Å². The van der Waals surface area contributed by atoms with E-state index in [0.29, 0.717) is 6.79 Å². The lowest BCUT2D eigenvalue weighted by molar-refractivity contribution is 0.174. The minimum Gasteiger partial charge on any atom is -0.454 e. The fourth-order valence-electron chi connectivity index (χ4n) is 2.13. The molecule has 0 bridgehead atoms. The van der Waals surface area contributed by atoms with Crippen molar-refractivity contribution in [3.05, 3.63) is 23.3 Å². The molecule has 0 aromatic heterocycles. The summed E-state index contributed by atoms with van der Waals surface area (Å²) in [6, 6.07) is 6.28. The van der Waals surface area contributed by atoms with Crippen molar-refractivity contribution in [3.63, 3.8) is 0 Å². The first-order valence-corrected chi connectivity index (χ1v) is 4.70. The Morgan fingerprint density at radius 1 is 1.29 bits per heavy atom. The van der Waals surface area contributed by atoms with E-state index in [9.17, 15) is 0 Å². The Labute approximate surface area is 81.9 Å². The van der Waals surface area contributed by atoms with Gasteiger partial charge in [0.05, 0.1) is 12.0 Å². The van der Waals surface area contributed by atoms with Crippen molar-refractivity contribution < 1.29 is 9.47 Å². The summed E-state index contributed by atoms with van der Waals surface area (Å²) < 4.78 is 10.6. The van der Waals surface area contributed by atoms with Gasteiger partial charge >= 0.3 is 0 Å². The van der Waals surface area contributed by atoms with Crippen LogP contribution < -0.4 is 9.47 Å². The molecule has 0 N–H and O–H groups in total. The van der Waals surface area contributed by atoms with Crippen molar-refractivity contribution in [3.8, 4) is 17.6 Å². The summed E-state index contributed by atoms with van der Waals surface area (Å²) in [7, 11) is 0. The zero-order chi connectivity index (χ0) is 9.54. The number of nitrogens with zero attached hydrogens (tertiary/aromatic N) is 1. The molecule has 14 heavy (non-hydrogen) atoms. The normalized spacial score (nSPS) is 21.8. The summed E-state index contributed by atoms with van der Waals surface area (Å²) in [5, 5.41) is 8.94. The van der Waals surface area contributed by atoms with Gasteiger partial charge < -0.3 is 9.47 Å². The van der Waals surface area contributed by atoms with Crippen molar-refractivity contribution in [2.24, 2.45) is 0 Å². The zero-order valence-electron chi connectivity index (χ0n) is 7.62. The van der Waals surface area contributed by atoms with Crippen LogP contribution in [-0.2, 0) is 6.42 Å². The smallest absolute Gasteiger partial charge is 0.231 e. The summed E-state index contributed by atoms with van der Waals surface area (Å²) >= 11 is 0. The largest absolute Gasteiger partial charge is 0.454 e. The van der Waals surface area contributed by atoms with Crippen LogP contribution in [-0.4, -0.2) is 6.79 Å². The molecule has 3 rings (SSSR count). The molecule has 0 amide bonds. The monoisotopic (exact) mass is 187 g/mol. The van der Waals surface area contributed by atoms with Gasteiger partial charge in [0.2, 0.25) is 6.79 Å². The Hall–Kier alpha value is -1.69. The average Bonchev–Trinajstić information content (AvgIpc) is 2.78. The molecule has 0 fully saturated rings. The molecule has 3 heteroatoms. The Morgan fingerprint density at radius 3 is 2.86 bits per heavy atom. The minimum absolute atomic E-state index is 0.0412. The number of fused-ring (bicyclic) bond motifs is 2. The van der Waals surface area contributed by atoms with E-state index in [1.807, 2.05) is 12.1 Å². The molecule has 1 heterocycles. The van der Waals surface area contributed by atoms with Crippen molar-refractivity contribution in [2.75, 3.05) is 6.79 Å². The molecule has 0 saturated heterocycles. The van der Waals surface area contributed by atoms with Gasteiger partial charge in [-0.15, -0.1) is 0 Å². The highest BCUT2D eigenvalue weighted by Crippen LogP contribution is 2.41. The third kappa shape index (κ3) is 0.912. The van der Waals surface area contributed by atoms with Crippen LogP contribution in [0.1, 0.15) is 23.5 Å². The second-order valence-electron chi connectivity index (χ2n) is 3.62. The summed E-state index contributed by atoms with van der Waals surface area (Å²) in [5.41, 5.74) is 2.36. The predicted octanol–water partition coefficient (Wildman–Crippen LogP) is 1.97. The Morgan fingerprint density at radius 2 is 2.07 bits per heavy atom. The van der Waals surface area contributed by atoms with Gasteiger partial charge in [-0.2, -0.15) is 5.26 Å². The number of benzene rings is 1. The molecule has 1 unspecified atom stereocenters. The first-order valence-electron chi connectivity index (χ1n) is 4.70. The second kappa shape index (κ2) is 2.65. The lowest BCUT2D eigenvalue weighted by Crippen LogP contribution is -1.93. The minimum atomic E-state index is 0.0412. The molecule has 70 valence electrons. The van der Waals surface area contributed by atoms with Gasteiger partial charge in [0, 0.05) is 0 Å². The first kappa shape index (κ1) is 7.69. The number of hydrogen-bond acceptors (Lipinski definition) is 3. The Balaban J connectivity index is 2.14. The van der Waals surface area contributed by atoms with Gasteiger partial charge in [0.25, 0.3) is 0 Å². The summed E-state index contributed by atoms with van der Waals surface area (Å²) in [5.74, 6) is 1.65. The highest BCUT2D eigenvalue weighted by atomic mass is 16.7. The predicted molar refractivity (Wildman–Crippen MR) is 49.2 cm³/mol. The third-order valence-electron chi connectivity index (χ3n) is 2.87. The van der Waals surface area contributed by atoms with E-state index >= 15 is 0 Å². The topological polar surface area (TPSA) is 42.2 Å². The number of aryl methyl sites for hydroxylation is 1. The maximum atomic E-state index is 8.94. The second-order valence-corrected chi connectivity index (χ2v) is 3.62. The maximum absolute atomic E-state index is 8.94. The highest BCUT2D eigenvalue weighted by Gasteiger charge is 2.26. The molecular weight excluding hydrogens is 178 g/mol. The number of hydrogen-bond donors (Lipinski definition) is 0. The summed E-state index contributed by atoms with van der Waals surface area (Å²) in [4.78, 5) is 0. The number of nitriles is 1. The molecule has 1 aliphatic carbocycles. The van der Waals surface area contributed by atoms with E-state index in [0.717, 1.165) is 29.9 Å². The molecule has 1 aromatic carbocycles. The van der Waals surface area contributed by atoms with Gasteiger partial charge in [-0.3, -0.25) is 0 Å². The molecule has 3 nitrogen and oxygen atoms in total. The van der Waals surface area contributed by atoms with Crippen LogP contribution in [0.4, 0.5) is 0 Å². The summed E-state index contributed by atoms with van der Waals surface area (Å²) in [6.07, 6.45) is 1.90. The van der Waals surface area contributed by atoms with E-state index in [4.69, 9.17) is 14.7 Å². The van der Waals surface area contributed by atoms with Crippen molar-refractivity contribution in [2.45, 2.75) is 18.8 Å². The van der Waals surface area contributed by atoms with E-state index < -0.39 is 0 Å². The molecular formula is C11H9NO2. The molecule has 1 atom stereocenters. The maximum Gasteiger partial charge on any atom is 0.231 e. The SMILES string of the molecule is N#CC1CCc2cc3c(cc21)OCO3. The van der Waals surface area contributed by atoms with E-state index in [1.165, 1.54) is 5.56 Å².